The summed E-state index contributed by atoms with van der Waals surface area (Å²) in [6.07, 6.45) is 0.987. The van der Waals surface area contributed by atoms with Crippen LogP contribution in [0, 0.1) is 0 Å². The molecule has 0 heterocycles. The van der Waals surface area contributed by atoms with E-state index in [1.807, 2.05) is 0 Å². The first kappa shape index (κ1) is 31.6. The minimum absolute atomic E-state index is 0.138. The van der Waals surface area contributed by atoms with Crippen molar-refractivity contribution in [1.29, 1.82) is 0 Å². The summed E-state index contributed by atoms with van der Waals surface area (Å²) in [4.78, 5) is 59.6. The number of aliphatic carboxylic acids is 2. The van der Waals surface area contributed by atoms with Crippen LogP contribution in [-0.4, -0.2) is 89.5 Å². The molecule has 0 bridgehead atoms. The van der Waals surface area contributed by atoms with Crippen LogP contribution in [0.1, 0.15) is 18.4 Å². The number of carbonyl (C=O) groups excluding carboxylic acids is 3. The zero-order chi connectivity index (χ0) is 28.2. The molecule has 1 aromatic rings. The summed E-state index contributed by atoms with van der Waals surface area (Å²) in [7, 11) is -4.76. The average molecular weight is 565 g/mol. The number of nitrogens with two attached hydrogens (primary N) is 1. The number of thioether (sulfide) groups is 1. The van der Waals surface area contributed by atoms with Crippen LogP contribution in [-0.2, 0) is 40.8 Å². The fourth-order valence-electron chi connectivity index (χ4n) is 2.87. The Labute approximate surface area is 216 Å². The van der Waals surface area contributed by atoms with Crippen molar-refractivity contribution in [3.63, 3.8) is 0 Å². The lowest BCUT2D eigenvalue weighted by atomic mass is 10.0. The highest BCUT2D eigenvalue weighted by Gasteiger charge is 2.29. The summed E-state index contributed by atoms with van der Waals surface area (Å²) in [6.45, 7) is -0.674. The highest BCUT2D eigenvalue weighted by Crippen LogP contribution is 2.15. The molecule has 0 saturated carbocycles. The molecule has 8 N–H and O–H groups in total. The molecular formula is C20H28N4O11S2. The maximum atomic E-state index is 13.1. The first-order chi connectivity index (χ1) is 17.2. The van der Waals surface area contributed by atoms with Crippen LogP contribution < -0.4 is 25.9 Å². The Kier molecular flexibility index (Phi) is 12.8. The quantitative estimate of drug-likeness (QED) is 0.109. The largest absolute Gasteiger partial charge is 0.481 e. The van der Waals surface area contributed by atoms with Crippen molar-refractivity contribution in [2.75, 3.05) is 18.6 Å². The molecule has 0 fully saturated rings. The van der Waals surface area contributed by atoms with Gasteiger partial charge in [-0.2, -0.15) is 20.2 Å². The summed E-state index contributed by atoms with van der Waals surface area (Å²) in [6, 6.07) is 1.06. The van der Waals surface area contributed by atoms with E-state index in [4.69, 9.17) is 20.5 Å². The first-order valence-electron chi connectivity index (χ1n) is 10.5. The van der Waals surface area contributed by atoms with Gasteiger partial charge >= 0.3 is 22.3 Å². The predicted octanol–water partition coefficient (Wildman–Crippen LogP) is -1.86. The molecule has 0 aliphatic rings. The lowest BCUT2D eigenvalue weighted by Gasteiger charge is -2.24. The monoisotopic (exact) mass is 564 g/mol. The molecule has 0 saturated heterocycles. The van der Waals surface area contributed by atoms with Gasteiger partial charge in [0.15, 0.2) is 0 Å². The predicted molar refractivity (Wildman–Crippen MR) is 130 cm³/mol. The van der Waals surface area contributed by atoms with Gasteiger partial charge in [0.2, 0.25) is 17.7 Å². The van der Waals surface area contributed by atoms with Crippen LogP contribution in [0.2, 0.25) is 0 Å². The Morgan fingerprint density at radius 1 is 0.973 bits per heavy atom. The molecule has 37 heavy (non-hydrogen) atoms. The third kappa shape index (κ3) is 12.9. The zero-order valence-electron chi connectivity index (χ0n) is 19.6. The van der Waals surface area contributed by atoms with Gasteiger partial charge in [0.05, 0.1) is 12.5 Å². The van der Waals surface area contributed by atoms with E-state index in [1.165, 1.54) is 36.0 Å². The first-order valence-corrected chi connectivity index (χ1v) is 13.3. The van der Waals surface area contributed by atoms with E-state index in [-0.39, 0.29) is 18.6 Å². The average Bonchev–Trinajstić information content (AvgIpc) is 2.79. The van der Waals surface area contributed by atoms with Crippen LogP contribution in [0.5, 0.6) is 5.75 Å². The third-order valence-corrected chi connectivity index (χ3v) is 5.63. The molecule has 1 aromatic carbocycles. The van der Waals surface area contributed by atoms with Crippen LogP contribution in [0.25, 0.3) is 0 Å². The number of carbonyl (C=O) groups is 5. The highest BCUT2D eigenvalue weighted by molar-refractivity contribution is 7.98. The van der Waals surface area contributed by atoms with Crippen molar-refractivity contribution < 1.29 is 51.3 Å². The number of hydrogen-bond donors (Lipinski definition) is 7. The minimum atomic E-state index is -4.76. The van der Waals surface area contributed by atoms with E-state index < -0.39 is 71.2 Å². The van der Waals surface area contributed by atoms with Crippen LogP contribution >= 0.6 is 11.8 Å². The van der Waals surface area contributed by atoms with Crippen molar-refractivity contribution in [3.8, 4) is 5.75 Å². The number of carboxylic acids is 2. The number of hydrogen-bond acceptors (Lipinski definition) is 10. The molecule has 206 valence electrons. The summed E-state index contributed by atoms with van der Waals surface area (Å²) >= 11 is 1.37. The van der Waals surface area contributed by atoms with Crippen molar-refractivity contribution in [1.82, 2.24) is 16.0 Å². The van der Waals surface area contributed by atoms with Crippen molar-refractivity contribution >= 4 is 51.8 Å². The lowest BCUT2D eigenvalue weighted by molar-refractivity contribution is -0.139. The summed E-state index contributed by atoms with van der Waals surface area (Å²) in [5, 5.41) is 24.6. The lowest BCUT2D eigenvalue weighted by Crippen LogP contribution is -2.57. The Morgan fingerprint density at radius 3 is 2.08 bits per heavy atom. The van der Waals surface area contributed by atoms with Gasteiger partial charge in [-0.05, 0) is 36.1 Å². The van der Waals surface area contributed by atoms with E-state index in [0.717, 1.165) is 0 Å². The van der Waals surface area contributed by atoms with Crippen molar-refractivity contribution in [2.24, 2.45) is 5.73 Å². The van der Waals surface area contributed by atoms with E-state index in [1.54, 1.807) is 6.26 Å². The number of nitrogens with one attached hydrogen (secondary N) is 3. The van der Waals surface area contributed by atoms with Gasteiger partial charge in [0.25, 0.3) is 0 Å². The molecule has 0 spiro atoms. The molecule has 1 rings (SSSR count). The van der Waals surface area contributed by atoms with Gasteiger partial charge < -0.3 is 36.1 Å². The summed E-state index contributed by atoms with van der Waals surface area (Å²) in [5.74, 6) is -4.99. The maximum Gasteiger partial charge on any atom is 0.446 e. The molecule has 0 aromatic heterocycles. The van der Waals surface area contributed by atoms with Crippen molar-refractivity contribution in [3.05, 3.63) is 29.8 Å². The molecular weight excluding hydrogens is 536 g/mol. The number of benzene rings is 1. The van der Waals surface area contributed by atoms with E-state index in [2.05, 4.69) is 20.1 Å². The summed E-state index contributed by atoms with van der Waals surface area (Å²) < 4.78 is 34.8. The van der Waals surface area contributed by atoms with Gasteiger partial charge in [-0.15, -0.1) is 0 Å². The van der Waals surface area contributed by atoms with Crippen LogP contribution in [0.3, 0.4) is 0 Å². The van der Waals surface area contributed by atoms with Gasteiger partial charge in [-0.1, -0.05) is 12.1 Å². The normalized spacial score (nSPS) is 13.5. The molecule has 3 amide bonds. The second-order valence-electron chi connectivity index (χ2n) is 7.58. The number of amides is 3. The Bertz CT molecular complexity index is 1080. The number of rotatable bonds is 16. The fourth-order valence-corrected chi connectivity index (χ4v) is 3.70. The Hall–Kier alpha value is -3.41. The molecule has 3 atom stereocenters. The Morgan fingerprint density at radius 2 is 1.57 bits per heavy atom. The van der Waals surface area contributed by atoms with Gasteiger partial charge in [-0.3, -0.25) is 28.5 Å². The SMILES string of the molecule is CSCC[C@H](NC(=O)[C@H](Cc1ccc(OS(=O)(=O)O)cc1)NC(=O)[C@@H](N)CC(=O)O)C(=O)NCC(=O)O. The topological polar surface area (TPSA) is 252 Å². The third-order valence-electron chi connectivity index (χ3n) is 4.59. The minimum Gasteiger partial charge on any atom is -0.481 e. The highest BCUT2D eigenvalue weighted by atomic mass is 32.3. The molecule has 17 heteroatoms. The second-order valence-corrected chi connectivity index (χ2v) is 9.59. The number of carboxylic acid groups (broad SMARTS) is 2. The standard InChI is InChI=1S/C20H28N4O11S2/c1-36-7-6-14(19(30)22-10-17(27)28)23-20(31)15(24-18(29)13(21)9-16(25)26)8-11-2-4-12(5-3-11)35-37(32,33)34/h2-5,13-15H,6-10,21H2,1H3,(H,22,30)(H,23,31)(H,24,29)(H,25,26)(H,27,28)(H,32,33,34)/t13-,14-,15-/m0/s1. The zero-order valence-corrected chi connectivity index (χ0v) is 21.2. The summed E-state index contributed by atoms with van der Waals surface area (Å²) in [5.41, 5.74) is 5.96. The van der Waals surface area contributed by atoms with Crippen molar-refractivity contribution in [2.45, 2.75) is 37.4 Å². The molecule has 15 nitrogen and oxygen atoms in total. The molecule has 0 aliphatic heterocycles. The van der Waals surface area contributed by atoms with Gasteiger partial charge in [-0.25, -0.2) is 0 Å². The Balaban J connectivity index is 3.12. The van der Waals surface area contributed by atoms with E-state index >= 15 is 0 Å². The van der Waals surface area contributed by atoms with E-state index in [0.29, 0.717) is 11.3 Å². The maximum absolute atomic E-state index is 13.1. The second kappa shape index (κ2) is 15.0. The smallest absolute Gasteiger partial charge is 0.446 e. The van der Waals surface area contributed by atoms with Gasteiger partial charge in [0, 0.05) is 6.42 Å². The molecule has 0 unspecified atom stereocenters. The molecule has 0 aliphatic carbocycles. The van der Waals surface area contributed by atoms with Crippen LogP contribution in [0.4, 0.5) is 0 Å². The van der Waals surface area contributed by atoms with Gasteiger partial charge in [0.1, 0.15) is 24.4 Å². The van der Waals surface area contributed by atoms with E-state index in [9.17, 15) is 32.4 Å². The van der Waals surface area contributed by atoms with Crippen LogP contribution in [0.15, 0.2) is 24.3 Å². The molecule has 0 radical (unpaired) electrons. The fraction of sp³-hybridized carbons (Fsp3) is 0.450.